The lowest BCUT2D eigenvalue weighted by Gasteiger charge is -2.16. The minimum Gasteiger partial charge on any atom is -0.485 e. The van der Waals surface area contributed by atoms with Crippen molar-refractivity contribution in [1.29, 1.82) is 0 Å². The van der Waals surface area contributed by atoms with E-state index in [-0.39, 0.29) is 28.8 Å². The van der Waals surface area contributed by atoms with Crippen LogP contribution in [-0.4, -0.2) is 25.6 Å². The highest BCUT2D eigenvalue weighted by Gasteiger charge is 2.18. The number of aromatic nitrogens is 3. The zero-order chi connectivity index (χ0) is 21.3. The minimum absolute atomic E-state index is 0.0129. The van der Waals surface area contributed by atoms with E-state index in [0.29, 0.717) is 23.0 Å². The average molecular weight is 422 g/mol. The van der Waals surface area contributed by atoms with Crippen molar-refractivity contribution >= 4 is 17.6 Å². The third-order valence-electron chi connectivity index (χ3n) is 4.08. The third kappa shape index (κ3) is 4.09. The number of hydrogen-bond donors (Lipinski definition) is 1. The predicted molar refractivity (Wildman–Crippen MR) is 99.8 cm³/mol. The van der Waals surface area contributed by atoms with Gasteiger partial charge in [-0.1, -0.05) is 11.6 Å². The van der Waals surface area contributed by atoms with Crippen molar-refractivity contribution in [3.05, 3.63) is 80.2 Å². The first-order valence-electron chi connectivity index (χ1n) is 8.24. The van der Waals surface area contributed by atoms with Crippen LogP contribution in [0.15, 0.2) is 35.4 Å². The van der Waals surface area contributed by atoms with E-state index < -0.39 is 23.2 Å². The molecule has 0 unspecified atom stereocenters. The highest BCUT2D eigenvalue weighted by atomic mass is 35.5. The summed E-state index contributed by atoms with van der Waals surface area (Å²) >= 11 is 6.14. The molecule has 3 rings (SSSR count). The molecule has 29 heavy (non-hydrogen) atoms. The average Bonchev–Trinajstić information content (AvgIpc) is 2.66. The molecule has 0 radical (unpaired) electrons. The van der Waals surface area contributed by atoms with Gasteiger partial charge in [-0.15, -0.1) is 0 Å². The molecule has 3 aromatic heterocycles. The van der Waals surface area contributed by atoms with Crippen LogP contribution < -0.4 is 10.3 Å². The number of aromatic carboxylic acids is 1. The van der Waals surface area contributed by atoms with E-state index in [1.54, 1.807) is 13.8 Å². The van der Waals surface area contributed by atoms with Gasteiger partial charge >= 0.3 is 5.97 Å². The SMILES string of the molecule is Cc1cnc(C(=O)O)cc1-n1c(C)cc(OCc2ncc(F)cc2F)c(Cl)c1=O. The highest BCUT2D eigenvalue weighted by Crippen LogP contribution is 2.25. The van der Waals surface area contributed by atoms with Crippen LogP contribution in [0.4, 0.5) is 8.78 Å². The van der Waals surface area contributed by atoms with Gasteiger partial charge in [-0.05, 0) is 25.5 Å². The molecular formula is C19H14ClF2N3O4. The summed E-state index contributed by atoms with van der Waals surface area (Å²) in [5, 5.41) is 8.86. The van der Waals surface area contributed by atoms with E-state index in [9.17, 15) is 18.4 Å². The number of carbonyl (C=O) groups is 1. The Bertz CT molecular complexity index is 1180. The summed E-state index contributed by atoms with van der Waals surface area (Å²) in [6.07, 6.45) is 2.19. The Labute approximate surface area is 168 Å². The lowest BCUT2D eigenvalue weighted by molar-refractivity contribution is 0.0690. The molecule has 0 atom stereocenters. The molecule has 0 aliphatic heterocycles. The van der Waals surface area contributed by atoms with Gasteiger partial charge in [0.2, 0.25) is 0 Å². The summed E-state index contributed by atoms with van der Waals surface area (Å²) in [4.78, 5) is 31.4. The molecule has 3 aromatic rings. The number of aryl methyl sites for hydroxylation is 2. The number of hydrogen-bond acceptors (Lipinski definition) is 5. The van der Waals surface area contributed by atoms with E-state index >= 15 is 0 Å². The Morgan fingerprint density at radius 1 is 1.21 bits per heavy atom. The number of pyridine rings is 3. The molecular weight excluding hydrogens is 408 g/mol. The molecule has 0 aliphatic carbocycles. The Morgan fingerprint density at radius 3 is 2.59 bits per heavy atom. The number of ether oxygens (including phenoxy) is 1. The van der Waals surface area contributed by atoms with Crippen LogP contribution in [0.1, 0.15) is 27.4 Å². The second kappa shape index (κ2) is 7.96. The van der Waals surface area contributed by atoms with Crippen LogP contribution in [-0.2, 0) is 6.61 Å². The van der Waals surface area contributed by atoms with Crippen LogP contribution in [0, 0.1) is 25.5 Å². The molecule has 1 N–H and O–H groups in total. The van der Waals surface area contributed by atoms with Crippen molar-refractivity contribution in [3.8, 4) is 11.4 Å². The van der Waals surface area contributed by atoms with E-state index in [0.717, 1.165) is 6.20 Å². The molecule has 10 heteroatoms. The van der Waals surface area contributed by atoms with E-state index in [1.165, 1.54) is 22.9 Å². The molecule has 0 bridgehead atoms. The first-order chi connectivity index (χ1) is 13.7. The van der Waals surface area contributed by atoms with Crippen molar-refractivity contribution in [3.63, 3.8) is 0 Å². The minimum atomic E-state index is -1.24. The zero-order valence-corrected chi connectivity index (χ0v) is 16.0. The summed E-state index contributed by atoms with van der Waals surface area (Å²) in [7, 11) is 0. The number of nitrogens with zero attached hydrogens (tertiary/aromatic N) is 3. The quantitative estimate of drug-likeness (QED) is 0.678. The van der Waals surface area contributed by atoms with E-state index in [4.69, 9.17) is 21.4 Å². The van der Waals surface area contributed by atoms with E-state index in [2.05, 4.69) is 9.97 Å². The summed E-state index contributed by atoms with van der Waals surface area (Å²) < 4.78 is 33.3. The van der Waals surface area contributed by atoms with Crippen LogP contribution in [0.2, 0.25) is 5.02 Å². The van der Waals surface area contributed by atoms with Crippen LogP contribution in [0.5, 0.6) is 5.75 Å². The number of carboxylic acids is 1. The summed E-state index contributed by atoms with van der Waals surface area (Å²) in [5.41, 5.74) is 0.223. The topological polar surface area (TPSA) is 94.3 Å². The van der Waals surface area contributed by atoms with Crippen molar-refractivity contribution in [2.45, 2.75) is 20.5 Å². The maximum atomic E-state index is 13.7. The normalized spacial score (nSPS) is 10.8. The zero-order valence-electron chi connectivity index (χ0n) is 15.2. The van der Waals surface area contributed by atoms with Gasteiger partial charge in [-0.2, -0.15) is 0 Å². The molecule has 0 spiro atoms. The lowest BCUT2D eigenvalue weighted by Crippen LogP contribution is -2.23. The molecule has 0 aliphatic rings. The number of halogens is 3. The van der Waals surface area contributed by atoms with Gasteiger partial charge in [0.05, 0.1) is 11.9 Å². The first-order valence-corrected chi connectivity index (χ1v) is 8.62. The molecule has 3 heterocycles. The van der Waals surface area contributed by atoms with Gasteiger partial charge in [0.15, 0.2) is 5.82 Å². The Kier molecular flexibility index (Phi) is 5.60. The smallest absolute Gasteiger partial charge is 0.354 e. The number of carboxylic acid groups (broad SMARTS) is 1. The molecule has 0 aromatic carbocycles. The first kappa shape index (κ1) is 20.4. The molecule has 0 saturated heterocycles. The summed E-state index contributed by atoms with van der Waals surface area (Å²) in [6.45, 7) is 2.90. The standard InChI is InChI=1S/C19H14ClF2N3O4/c1-9-6-23-13(19(27)28)5-15(9)25-10(2)3-16(17(20)18(25)26)29-8-14-12(22)4-11(21)7-24-14/h3-7H,8H2,1-2H3,(H,27,28). The van der Waals surface area contributed by atoms with Crippen molar-refractivity contribution in [2.75, 3.05) is 0 Å². The van der Waals surface area contributed by atoms with Crippen LogP contribution in [0.25, 0.3) is 5.69 Å². The molecule has 7 nitrogen and oxygen atoms in total. The molecule has 150 valence electrons. The van der Waals surface area contributed by atoms with Gasteiger partial charge in [0, 0.05) is 24.0 Å². The Morgan fingerprint density at radius 2 is 1.93 bits per heavy atom. The lowest BCUT2D eigenvalue weighted by atomic mass is 10.2. The van der Waals surface area contributed by atoms with Gasteiger partial charge in [-0.3, -0.25) is 14.3 Å². The molecule has 0 saturated carbocycles. The Balaban J connectivity index is 2.00. The van der Waals surface area contributed by atoms with Gasteiger partial charge in [0.1, 0.15) is 34.6 Å². The monoisotopic (exact) mass is 421 g/mol. The van der Waals surface area contributed by atoms with Gasteiger partial charge in [0.25, 0.3) is 5.56 Å². The fraction of sp³-hybridized carbons (Fsp3) is 0.158. The van der Waals surface area contributed by atoms with Crippen LogP contribution >= 0.6 is 11.6 Å². The molecule has 0 amide bonds. The fourth-order valence-electron chi connectivity index (χ4n) is 2.65. The number of rotatable bonds is 5. The van der Waals surface area contributed by atoms with Crippen molar-refractivity contribution < 1.29 is 23.4 Å². The maximum Gasteiger partial charge on any atom is 0.354 e. The van der Waals surface area contributed by atoms with Gasteiger partial charge < -0.3 is 9.84 Å². The summed E-state index contributed by atoms with van der Waals surface area (Å²) in [6, 6.07) is 3.38. The fourth-order valence-corrected chi connectivity index (χ4v) is 2.85. The van der Waals surface area contributed by atoms with Crippen LogP contribution in [0.3, 0.4) is 0 Å². The largest absolute Gasteiger partial charge is 0.485 e. The van der Waals surface area contributed by atoms with Crippen molar-refractivity contribution in [1.82, 2.24) is 14.5 Å². The van der Waals surface area contributed by atoms with E-state index in [1.807, 2.05) is 0 Å². The second-order valence-corrected chi connectivity index (χ2v) is 6.51. The second-order valence-electron chi connectivity index (χ2n) is 6.14. The summed E-state index contributed by atoms with van der Waals surface area (Å²) in [5.74, 6) is -2.96. The third-order valence-corrected chi connectivity index (χ3v) is 4.43. The van der Waals surface area contributed by atoms with Gasteiger partial charge in [-0.25, -0.2) is 18.6 Å². The highest BCUT2D eigenvalue weighted by molar-refractivity contribution is 6.31. The maximum absolute atomic E-state index is 13.7. The Hall–Kier alpha value is -3.33. The van der Waals surface area contributed by atoms with Crippen molar-refractivity contribution in [2.24, 2.45) is 0 Å². The molecule has 0 fully saturated rings. The predicted octanol–water partition coefficient (Wildman–Crippen LogP) is 3.45.